The molecule has 1 aromatic carbocycles. The van der Waals surface area contributed by atoms with Crippen LogP contribution in [0.4, 0.5) is 0 Å². The van der Waals surface area contributed by atoms with Crippen LogP contribution < -0.4 is 5.32 Å². The Bertz CT molecular complexity index is 375. The standard InChI is InChI=1S/C15H23NO/c1-11-3-4-13(7-12(11)2)9-16-10-14-5-6-15(17)8-14/h3-4,7,14-17H,5-6,8-10H2,1-2H3. The van der Waals surface area contributed by atoms with E-state index >= 15 is 0 Å². The summed E-state index contributed by atoms with van der Waals surface area (Å²) in [5.74, 6) is 0.663. The van der Waals surface area contributed by atoms with Crippen molar-refractivity contribution in [1.82, 2.24) is 5.32 Å². The Labute approximate surface area is 104 Å². The summed E-state index contributed by atoms with van der Waals surface area (Å²) in [5.41, 5.74) is 4.07. The van der Waals surface area contributed by atoms with Crippen LogP contribution in [0.5, 0.6) is 0 Å². The molecule has 0 amide bonds. The van der Waals surface area contributed by atoms with Crippen molar-refractivity contribution < 1.29 is 5.11 Å². The Morgan fingerprint density at radius 3 is 2.71 bits per heavy atom. The van der Waals surface area contributed by atoms with Gasteiger partial charge in [-0.25, -0.2) is 0 Å². The maximum absolute atomic E-state index is 9.46. The Hall–Kier alpha value is -0.860. The van der Waals surface area contributed by atoms with E-state index in [1.165, 1.54) is 23.1 Å². The van der Waals surface area contributed by atoms with Crippen LogP contribution in [-0.2, 0) is 6.54 Å². The summed E-state index contributed by atoms with van der Waals surface area (Å²) < 4.78 is 0. The smallest absolute Gasteiger partial charge is 0.0543 e. The minimum atomic E-state index is -0.0524. The van der Waals surface area contributed by atoms with Gasteiger partial charge < -0.3 is 10.4 Å². The lowest BCUT2D eigenvalue weighted by Gasteiger charge is -2.11. The Morgan fingerprint density at radius 1 is 1.24 bits per heavy atom. The van der Waals surface area contributed by atoms with Crippen LogP contribution >= 0.6 is 0 Å². The second kappa shape index (κ2) is 5.65. The molecule has 2 nitrogen and oxygen atoms in total. The van der Waals surface area contributed by atoms with Crippen molar-refractivity contribution in [3.05, 3.63) is 34.9 Å². The second-order valence-corrected chi connectivity index (χ2v) is 5.38. The normalized spacial score (nSPS) is 24.2. The zero-order valence-corrected chi connectivity index (χ0v) is 10.9. The number of rotatable bonds is 4. The van der Waals surface area contributed by atoms with Gasteiger partial charge in [-0.2, -0.15) is 0 Å². The molecule has 17 heavy (non-hydrogen) atoms. The van der Waals surface area contributed by atoms with Crippen LogP contribution in [0.25, 0.3) is 0 Å². The molecule has 2 heteroatoms. The minimum Gasteiger partial charge on any atom is -0.393 e. The van der Waals surface area contributed by atoms with E-state index in [0.29, 0.717) is 5.92 Å². The predicted octanol–water partition coefficient (Wildman–Crippen LogP) is 2.55. The molecule has 1 aliphatic carbocycles. The molecule has 1 aliphatic rings. The molecule has 0 aliphatic heterocycles. The third-order valence-corrected chi connectivity index (χ3v) is 3.85. The molecule has 2 N–H and O–H groups in total. The van der Waals surface area contributed by atoms with Crippen LogP contribution in [0.2, 0.25) is 0 Å². The van der Waals surface area contributed by atoms with E-state index < -0.39 is 0 Å². The van der Waals surface area contributed by atoms with Crippen molar-refractivity contribution in [2.24, 2.45) is 5.92 Å². The summed E-state index contributed by atoms with van der Waals surface area (Å²) in [5, 5.41) is 13.0. The molecule has 2 rings (SSSR count). The van der Waals surface area contributed by atoms with Gasteiger partial charge in [0.05, 0.1) is 6.10 Å². The average Bonchev–Trinajstić information content (AvgIpc) is 2.70. The van der Waals surface area contributed by atoms with Gasteiger partial charge in [-0.1, -0.05) is 18.2 Å². The summed E-state index contributed by atoms with van der Waals surface area (Å²) in [6, 6.07) is 6.64. The molecule has 2 unspecified atom stereocenters. The van der Waals surface area contributed by atoms with Gasteiger partial charge in [0.1, 0.15) is 0 Å². The lowest BCUT2D eigenvalue weighted by atomic mass is 10.1. The molecule has 94 valence electrons. The molecule has 0 aromatic heterocycles. The highest BCUT2D eigenvalue weighted by Crippen LogP contribution is 2.24. The fourth-order valence-corrected chi connectivity index (χ4v) is 2.57. The number of hydrogen-bond donors (Lipinski definition) is 2. The SMILES string of the molecule is Cc1ccc(CNCC2CCC(O)C2)cc1C. The van der Waals surface area contributed by atoms with Crippen molar-refractivity contribution in [2.45, 2.75) is 45.8 Å². The number of aliphatic hydroxyl groups excluding tert-OH is 1. The quantitative estimate of drug-likeness (QED) is 0.837. The number of hydrogen-bond acceptors (Lipinski definition) is 2. The highest BCUT2D eigenvalue weighted by atomic mass is 16.3. The van der Waals surface area contributed by atoms with Gasteiger partial charge in [0.15, 0.2) is 0 Å². The molecule has 2 atom stereocenters. The van der Waals surface area contributed by atoms with Gasteiger partial charge >= 0.3 is 0 Å². The van der Waals surface area contributed by atoms with Crippen LogP contribution in [0, 0.1) is 19.8 Å². The monoisotopic (exact) mass is 233 g/mol. The van der Waals surface area contributed by atoms with Crippen molar-refractivity contribution in [3.63, 3.8) is 0 Å². The van der Waals surface area contributed by atoms with Crippen molar-refractivity contribution in [2.75, 3.05) is 6.54 Å². The lowest BCUT2D eigenvalue weighted by molar-refractivity contribution is 0.177. The zero-order chi connectivity index (χ0) is 12.3. The third-order valence-electron chi connectivity index (χ3n) is 3.85. The predicted molar refractivity (Wildman–Crippen MR) is 71.0 cm³/mol. The minimum absolute atomic E-state index is 0.0524. The molecular formula is C15H23NO. The number of nitrogens with one attached hydrogen (secondary N) is 1. The summed E-state index contributed by atoms with van der Waals surface area (Å²) in [7, 11) is 0. The summed E-state index contributed by atoms with van der Waals surface area (Å²) in [6.07, 6.45) is 3.07. The molecule has 1 aromatic rings. The first-order valence-electron chi connectivity index (χ1n) is 6.60. The van der Waals surface area contributed by atoms with E-state index in [0.717, 1.165) is 25.9 Å². The molecule has 1 saturated carbocycles. The van der Waals surface area contributed by atoms with Crippen molar-refractivity contribution >= 4 is 0 Å². The van der Waals surface area contributed by atoms with Crippen molar-refractivity contribution in [3.8, 4) is 0 Å². The maximum Gasteiger partial charge on any atom is 0.0543 e. The number of aryl methyl sites for hydroxylation is 2. The summed E-state index contributed by atoms with van der Waals surface area (Å²) in [6.45, 7) is 6.27. The van der Waals surface area contributed by atoms with Gasteiger partial charge in [0.25, 0.3) is 0 Å². The largest absolute Gasteiger partial charge is 0.393 e. The van der Waals surface area contributed by atoms with E-state index in [1.54, 1.807) is 0 Å². The molecule has 0 saturated heterocycles. The van der Waals surface area contributed by atoms with E-state index in [-0.39, 0.29) is 6.10 Å². The zero-order valence-electron chi connectivity index (χ0n) is 10.9. The first-order chi connectivity index (χ1) is 8.15. The molecule has 0 radical (unpaired) electrons. The van der Waals surface area contributed by atoms with Crippen LogP contribution in [-0.4, -0.2) is 17.8 Å². The Kier molecular flexibility index (Phi) is 4.19. The molecular weight excluding hydrogens is 210 g/mol. The van der Waals surface area contributed by atoms with Crippen molar-refractivity contribution in [1.29, 1.82) is 0 Å². The van der Waals surface area contributed by atoms with E-state index in [1.807, 2.05) is 0 Å². The second-order valence-electron chi connectivity index (χ2n) is 5.38. The molecule has 0 heterocycles. The van der Waals surface area contributed by atoms with E-state index in [4.69, 9.17) is 0 Å². The van der Waals surface area contributed by atoms with Gasteiger partial charge in [0, 0.05) is 6.54 Å². The summed E-state index contributed by atoms with van der Waals surface area (Å²) in [4.78, 5) is 0. The first kappa shape index (κ1) is 12.6. The highest BCUT2D eigenvalue weighted by Gasteiger charge is 2.21. The molecule has 0 spiro atoms. The number of benzene rings is 1. The Morgan fingerprint density at radius 2 is 2.06 bits per heavy atom. The topological polar surface area (TPSA) is 32.3 Å². The third kappa shape index (κ3) is 3.55. The van der Waals surface area contributed by atoms with Crippen LogP contribution in [0.15, 0.2) is 18.2 Å². The van der Waals surface area contributed by atoms with Crippen LogP contribution in [0.1, 0.15) is 36.0 Å². The van der Waals surface area contributed by atoms with Gasteiger partial charge in [-0.15, -0.1) is 0 Å². The maximum atomic E-state index is 9.46. The van der Waals surface area contributed by atoms with Crippen LogP contribution in [0.3, 0.4) is 0 Å². The average molecular weight is 233 g/mol. The van der Waals surface area contributed by atoms with Gasteiger partial charge in [-0.05, 0) is 62.3 Å². The highest BCUT2D eigenvalue weighted by molar-refractivity contribution is 5.29. The van der Waals surface area contributed by atoms with Gasteiger partial charge in [0.2, 0.25) is 0 Å². The molecule has 0 bridgehead atoms. The molecule has 1 fully saturated rings. The van der Waals surface area contributed by atoms with E-state index in [2.05, 4.69) is 37.4 Å². The van der Waals surface area contributed by atoms with E-state index in [9.17, 15) is 5.11 Å². The lowest BCUT2D eigenvalue weighted by Crippen LogP contribution is -2.21. The number of aliphatic hydroxyl groups is 1. The Balaban J connectivity index is 1.76. The summed E-state index contributed by atoms with van der Waals surface area (Å²) >= 11 is 0. The van der Waals surface area contributed by atoms with Gasteiger partial charge in [-0.3, -0.25) is 0 Å². The fraction of sp³-hybridized carbons (Fsp3) is 0.600. The first-order valence-corrected chi connectivity index (χ1v) is 6.60. The fourth-order valence-electron chi connectivity index (χ4n) is 2.57.